The second kappa shape index (κ2) is 5.64. The molecule has 1 aromatic heterocycles. The van der Waals surface area contributed by atoms with Crippen LogP contribution in [0.25, 0.3) is 0 Å². The third kappa shape index (κ3) is 3.17. The van der Waals surface area contributed by atoms with E-state index in [1.54, 1.807) is 18.0 Å². The van der Waals surface area contributed by atoms with Gasteiger partial charge >= 0.3 is 0 Å². The number of carbonyl (C=O) groups excluding carboxylic acids is 1. The molecule has 0 spiro atoms. The van der Waals surface area contributed by atoms with Gasteiger partial charge in [-0.2, -0.15) is 0 Å². The fourth-order valence-corrected chi connectivity index (χ4v) is 2.44. The van der Waals surface area contributed by atoms with Crippen molar-refractivity contribution in [2.75, 3.05) is 0 Å². The number of aldehydes is 1. The van der Waals surface area contributed by atoms with Crippen LogP contribution in [0.4, 0.5) is 0 Å². The number of pyridine rings is 1. The number of benzene rings is 1. The van der Waals surface area contributed by atoms with Crippen molar-refractivity contribution in [3.8, 4) is 0 Å². The van der Waals surface area contributed by atoms with Gasteiger partial charge in [0.2, 0.25) is 0 Å². The summed E-state index contributed by atoms with van der Waals surface area (Å²) in [4.78, 5) is 14.9. The number of rotatable bonds is 4. The minimum Gasteiger partial charge on any atom is -0.298 e. The van der Waals surface area contributed by atoms with Crippen molar-refractivity contribution in [2.24, 2.45) is 0 Å². The minimum atomic E-state index is 0.631. The first kappa shape index (κ1) is 11.9. The summed E-state index contributed by atoms with van der Waals surface area (Å²) in [7, 11) is 0. The quantitative estimate of drug-likeness (QED) is 0.608. The summed E-state index contributed by atoms with van der Waals surface area (Å²) in [5.41, 5.74) is 2.96. The van der Waals surface area contributed by atoms with Gasteiger partial charge in [-0.15, -0.1) is 11.8 Å². The predicted octanol–water partition coefficient (Wildman–Crippen LogP) is 3.49. The van der Waals surface area contributed by atoms with Gasteiger partial charge in [0.25, 0.3) is 0 Å². The molecule has 0 saturated carbocycles. The van der Waals surface area contributed by atoms with Crippen LogP contribution in [0.2, 0.25) is 0 Å². The zero-order valence-corrected chi connectivity index (χ0v) is 10.4. The Morgan fingerprint density at radius 3 is 2.71 bits per heavy atom. The average molecular weight is 243 g/mol. The summed E-state index contributed by atoms with van der Waals surface area (Å²) in [6.07, 6.45) is 2.44. The highest BCUT2D eigenvalue weighted by atomic mass is 32.2. The smallest absolute Gasteiger partial charge is 0.151 e. The summed E-state index contributed by atoms with van der Waals surface area (Å²) in [6, 6.07) is 12.1. The Labute approximate surface area is 105 Å². The summed E-state index contributed by atoms with van der Waals surface area (Å²) in [6.45, 7) is 1.98. The molecule has 2 aromatic rings. The van der Waals surface area contributed by atoms with Gasteiger partial charge in [0.1, 0.15) is 0 Å². The predicted molar refractivity (Wildman–Crippen MR) is 70.4 cm³/mol. The minimum absolute atomic E-state index is 0.631. The molecule has 0 N–H and O–H groups in total. The van der Waals surface area contributed by atoms with E-state index in [4.69, 9.17) is 0 Å². The lowest BCUT2D eigenvalue weighted by atomic mass is 10.2. The van der Waals surface area contributed by atoms with E-state index < -0.39 is 0 Å². The van der Waals surface area contributed by atoms with Crippen molar-refractivity contribution in [3.63, 3.8) is 0 Å². The maximum absolute atomic E-state index is 10.6. The Kier molecular flexibility index (Phi) is 3.94. The normalized spacial score (nSPS) is 10.2. The van der Waals surface area contributed by atoms with E-state index in [9.17, 15) is 4.79 Å². The maximum Gasteiger partial charge on any atom is 0.151 e. The van der Waals surface area contributed by atoms with Gasteiger partial charge in [0.05, 0.1) is 5.03 Å². The molecule has 2 nitrogen and oxygen atoms in total. The van der Waals surface area contributed by atoms with Crippen molar-refractivity contribution in [1.29, 1.82) is 0 Å². The molecule has 1 aromatic carbocycles. The van der Waals surface area contributed by atoms with Crippen molar-refractivity contribution in [2.45, 2.75) is 17.7 Å². The molecule has 1 heterocycles. The van der Waals surface area contributed by atoms with Crippen LogP contribution in [0.5, 0.6) is 0 Å². The number of aryl methyl sites for hydroxylation is 1. The number of hydrogen-bond acceptors (Lipinski definition) is 3. The summed E-state index contributed by atoms with van der Waals surface area (Å²) >= 11 is 1.69. The van der Waals surface area contributed by atoms with Gasteiger partial charge in [0.15, 0.2) is 6.29 Å². The molecular formula is C14H13NOS. The number of nitrogens with zero attached hydrogens (tertiary/aromatic N) is 1. The Morgan fingerprint density at radius 2 is 2.06 bits per heavy atom. The fourth-order valence-electron chi connectivity index (χ4n) is 1.53. The molecule has 0 unspecified atom stereocenters. The fraction of sp³-hybridized carbons (Fsp3) is 0.143. The van der Waals surface area contributed by atoms with E-state index in [-0.39, 0.29) is 0 Å². The molecule has 0 aliphatic rings. The van der Waals surface area contributed by atoms with Crippen molar-refractivity contribution >= 4 is 18.0 Å². The van der Waals surface area contributed by atoms with Gasteiger partial charge in [-0.1, -0.05) is 30.3 Å². The third-order valence-corrected chi connectivity index (χ3v) is 3.58. The van der Waals surface area contributed by atoms with E-state index in [1.165, 1.54) is 5.56 Å². The highest BCUT2D eigenvalue weighted by Gasteiger charge is 2.02. The first-order chi connectivity index (χ1) is 8.29. The zero-order chi connectivity index (χ0) is 12.1. The molecule has 86 valence electrons. The maximum atomic E-state index is 10.6. The largest absolute Gasteiger partial charge is 0.298 e. The van der Waals surface area contributed by atoms with Crippen LogP contribution in [0, 0.1) is 6.92 Å². The molecule has 0 saturated heterocycles. The molecule has 0 aliphatic carbocycles. The van der Waals surface area contributed by atoms with E-state index in [1.807, 2.05) is 31.2 Å². The zero-order valence-electron chi connectivity index (χ0n) is 9.59. The molecule has 3 heteroatoms. The topological polar surface area (TPSA) is 30.0 Å². The van der Waals surface area contributed by atoms with Crippen LogP contribution in [0.1, 0.15) is 21.5 Å². The number of thioether (sulfide) groups is 1. The van der Waals surface area contributed by atoms with Gasteiger partial charge in [-0.25, -0.2) is 4.98 Å². The van der Waals surface area contributed by atoms with Crippen molar-refractivity contribution in [3.05, 3.63) is 59.3 Å². The molecule has 17 heavy (non-hydrogen) atoms. The first-order valence-corrected chi connectivity index (χ1v) is 6.36. The Bertz CT molecular complexity index is 511. The van der Waals surface area contributed by atoms with E-state index in [0.717, 1.165) is 22.6 Å². The summed E-state index contributed by atoms with van der Waals surface area (Å²) in [5, 5.41) is 0.986. The van der Waals surface area contributed by atoms with Crippen LogP contribution in [-0.2, 0) is 5.75 Å². The van der Waals surface area contributed by atoms with E-state index in [0.29, 0.717) is 5.56 Å². The average Bonchev–Trinajstić information content (AvgIpc) is 2.38. The lowest BCUT2D eigenvalue weighted by molar-refractivity contribution is 0.112. The molecule has 0 amide bonds. The third-order valence-electron chi connectivity index (χ3n) is 2.41. The molecule has 2 rings (SSSR count). The Hall–Kier alpha value is -1.61. The van der Waals surface area contributed by atoms with Gasteiger partial charge in [0, 0.05) is 17.5 Å². The Balaban J connectivity index is 2.07. The second-order valence-electron chi connectivity index (χ2n) is 3.78. The van der Waals surface area contributed by atoms with Crippen molar-refractivity contribution in [1.82, 2.24) is 4.98 Å². The van der Waals surface area contributed by atoms with Gasteiger partial charge in [-0.05, 0) is 24.1 Å². The van der Waals surface area contributed by atoms with Crippen molar-refractivity contribution < 1.29 is 4.79 Å². The molecular weight excluding hydrogens is 230 g/mol. The number of carbonyl (C=O) groups is 1. The SMILES string of the molecule is Cc1cc(C=O)cnc1SCc1ccccc1. The summed E-state index contributed by atoms with van der Waals surface area (Å²) < 4.78 is 0. The van der Waals surface area contributed by atoms with Gasteiger partial charge < -0.3 is 0 Å². The lowest BCUT2D eigenvalue weighted by Gasteiger charge is -2.05. The summed E-state index contributed by atoms with van der Waals surface area (Å²) in [5.74, 6) is 0.898. The van der Waals surface area contributed by atoms with Crippen LogP contribution < -0.4 is 0 Å². The highest BCUT2D eigenvalue weighted by Crippen LogP contribution is 2.23. The van der Waals surface area contributed by atoms with Crippen LogP contribution in [0.15, 0.2) is 47.6 Å². The van der Waals surface area contributed by atoms with Crippen LogP contribution in [-0.4, -0.2) is 11.3 Å². The molecule has 0 fully saturated rings. The Morgan fingerprint density at radius 1 is 1.29 bits per heavy atom. The van der Waals surface area contributed by atoms with Gasteiger partial charge in [-0.3, -0.25) is 4.79 Å². The van der Waals surface area contributed by atoms with Crippen LogP contribution in [0.3, 0.4) is 0 Å². The highest BCUT2D eigenvalue weighted by molar-refractivity contribution is 7.98. The first-order valence-electron chi connectivity index (χ1n) is 5.38. The standard InChI is InChI=1S/C14H13NOS/c1-11-7-13(9-16)8-15-14(11)17-10-12-5-3-2-4-6-12/h2-9H,10H2,1H3. The molecule has 0 atom stereocenters. The number of aromatic nitrogens is 1. The molecule has 0 aliphatic heterocycles. The van der Waals surface area contributed by atoms with E-state index in [2.05, 4.69) is 17.1 Å². The van der Waals surface area contributed by atoms with Crippen LogP contribution >= 0.6 is 11.8 Å². The molecule has 0 radical (unpaired) electrons. The monoisotopic (exact) mass is 243 g/mol. The molecule has 0 bridgehead atoms. The van der Waals surface area contributed by atoms with E-state index >= 15 is 0 Å². The second-order valence-corrected chi connectivity index (χ2v) is 4.75. The number of hydrogen-bond donors (Lipinski definition) is 0. The lowest BCUT2D eigenvalue weighted by Crippen LogP contribution is -1.90.